The molecule has 0 radical (unpaired) electrons. The summed E-state index contributed by atoms with van der Waals surface area (Å²) in [6.07, 6.45) is 5.30. The van der Waals surface area contributed by atoms with Crippen LogP contribution in [-0.2, 0) is 23.3 Å². The van der Waals surface area contributed by atoms with Crippen molar-refractivity contribution in [3.05, 3.63) is 113 Å². The minimum absolute atomic E-state index is 0.0550. The van der Waals surface area contributed by atoms with Crippen molar-refractivity contribution < 1.29 is 19.4 Å². The zero-order valence-corrected chi connectivity index (χ0v) is 20.4. The molecule has 1 heterocycles. The molecule has 186 valence electrons. The number of rotatable bonds is 7. The first-order chi connectivity index (χ1) is 17.9. The van der Waals surface area contributed by atoms with Crippen LogP contribution in [0.4, 0.5) is 0 Å². The number of aromatic hydroxyl groups is 1. The van der Waals surface area contributed by atoms with Crippen LogP contribution in [0.2, 0.25) is 5.02 Å². The molecule has 0 spiro atoms. The summed E-state index contributed by atoms with van der Waals surface area (Å²) >= 11 is 6.11. The molecule has 5 rings (SSSR count). The largest absolute Gasteiger partial charge is 0.508 e. The Morgan fingerprint density at radius 2 is 1.78 bits per heavy atom. The number of nitrogens with one attached hydrogen (secondary N) is 2. The van der Waals surface area contributed by atoms with Gasteiger partial charge in [0.2, 0.25) is 0 Å². The Hall–Kier alpha value is -4.43. The van der Waals surface area contributed by atoms with Crippen LogP contribution in [0, 0.1) is 0 Å². The lowest BCUT2D eigenvalue weighted by molar-refractivity contribution is -0.127. The van der Waals surface area contributed by atoms with Gasteiger partial charge in [-0.2, -0.15) is 0 Å². The monoisotopic (exact) mass is 514 g/mol. The van der Waals surface area contributed by atoms with Crippen LogP contribution in [0.1, 0.15) is 33.5 Å². The van der Waals surface area contributed by atoms with Crippen molar-refractivity contribution in [2.45, 2.75) is 24.9 Å². The van der Waals surface area contributed by atoms with Crippen LogP contribution in [0.25, 0.3) is 0 Å². The maximum absolute atomic E-state index is 13.6. The molecular weight excluding hydrogens is 492 g/mol. The summed E-state index contributed by atoms with van der Waals surface area (Å²) in [7, 11) is 0. The quantitative estimate of drug-likeness (QED) is 0.334. The summed E-state index contributed by atoms with van der Waals surface area (Å²) in [6.45, 7) is 0.257. The van der Waals surface area contributed by atoms with E-state index in [1.807, 2.05) is 36.4 Å². The lowest BCUT2D eigenvalue weighted by Crippen LogP contribution is -2.55. The van der Waals surface area contributed by atoms with E-state index in [9.17, 15) is 14.7 Å². The van der Waals surface area contributed by atoms with Gasteiger partial charge in [-0.3, -0.25) is 9.59 Å². The highest BCUT2D eigenvalue weighted by atomic mass is 35.5. The highest BCUT2D eigenvalue weighted by Gasteiger charge is 2.46. The lowest BCUT2D eigenvalue weighted by Gasteiger charge is -2.30. The molecule has 9 heteroatoms. The zero-order chi connectivity index (χ0) is 25.8. The van der Waals surface area contributed by atoms with Gasteiger partial charge in [-0.05, 0) is 53.8 Å². The molecule has 2 amide bonds. The fourth-order valence-electron chi connectivity index (χ4n) is 4.42. The number of hydrogen-bond donors (Lipinski definition) is 3. The normalized spacial score (nSPS) is 16.0. The highest BCUT2D eigenvalue weighted by Crippen LogP contribution is 2.37. The number of aromatic nitrogens is 2. The van der Waals surface area contributed by atoms with Crippen molar-refractivity contribution in [3.8, 4) is 17.2 Å². The summed E-state index contributed by atoms with van der Waals surface area (Å²) in [6, 6.07) is 19.3. The van der Waals surface area contributed by atoms with Crippen molar-refractivity contribution in [2.75, 3.05) is 0 Å². The molecule has 37 heavy (non-hydrogen) atoms. The van der Waals surface area contributed by atoms with Crippen LogP contribution < -0.4 is 15.4 Å². The van der Waals surface area contributed by atoms with Gasteiger partial charge in [-0.15, -0.1) is 0 Å². The average Bonchev–Trinajstić information content (AvgIpc) is 3.29. The summed E-state index contributed by atoms with van der Waals surface area (Å²) < 4.78 is 5.78. The predicted octanol–water partition coefficient (Wildman–Crippen LogP) is 4.52. The number of carbonyl (C=O) groups is 2. The number of phenolic OH excluding ortho intramolecular Hbond substituents is 1. The summed E-state index contributed by atoms with van der Waals surface area (Å²) in [5, 5.41) is 15.7. The number of carbonyl (C=O) groups excluding carboxylic acids is 2. The van der Waals surface area contributed by atoms with Crippen LogP contribution in [0.5, 0.6) is 17.2 Å². The molecule has 1 aromatic heterocycles. The number of amides is 2. The van der Waals surface area contributed by atoms with E-state index >= 15 is 0 Å². The molecule has 0 aliphatic heterocycles. The number of nitrogens with zero attached hydrogens (tertiary/aromatic N) is 2. The van der Waals surface area contributed by atoms with Gasteiger partial charge in [-0.25, -0.2) is 9.97 Å². The number of fused-ring (bicyclic) bond motifs is 1. The van der Waals surface area contributed by atoms with E-state index < -0.39 is 11.4 Å². The Morgan fingerprint density at radius 3 is 2.54 bits per heavy atom. The van der Waals surface area contributed by atoms with Gasteiger partial charge in [0.15, 0.2) is 0 Å². The van der Waals surface area contributed by atoms with Crippen molar-refractivity contribution in [3.63, 3.8) is 0 Å². The molecule has 8 nitrogen and oxygen atoms in total. The predicted molar refractivity (Wildman–Crippen MR) is 137 cm³/mol. The fraction of sp³-hybridized carbons (Fsp3) is 0.143. The Balaban J connectivity index is 1.31. The Labute approximate surface area is 218 Å². The standard InChI is InChI=1S/C28H23ClN4O4/c29-24-13-21(34)7-10-25(24)37-22-8-5-18(6-9-22)14-32-27(36)28(12-11-19-3-1-2-4-23(19)28)33-26(35)20-15-30-17-31-16-20/h1-10,13,15-17,34H,11-12,14H2,(H,32,36)(H,33,35). The van der Waals surface area contributed by atoms with Gasteiger partial charge in [0.05, 0.1) is 10.6 Å². The van der Waals surface area contributed by atoms with Gasteiger partial charge in [0.25, 0.3) is 11.8 Å². The fourth-order valence-corrected chi connectivity index (χ4v) is 4.64. The van der Waals surface area contributed by atoms with E-state index in [2.05, 4.69) is 20.6 Å². The van der Waals surface area contributed by atoms with Crippen molar-refractivity contribution in [1.29, 1.82) is 0 Å². The molecule has 1 unspecified atom stereocenters. The number of halogens is 1. The summed E-state index contributed by atoms with van der Waals surface area (Å²) in [5.41, 5.74) is 1.73. The molecule has 1 aliphatic carbocycles. The summed E-state index contributed by atoms with van der Waals surface area (Å²) in [5.74, 6) is 0.322. The van der Waals surface area contributed by atoms with Gasteiger partial charge < -0.3 is 20.5 Å². The van der Waals surface area contributed by atoms with E-state index in [0.717, 1.165) is 16.7 Å². The molecular formula is C28H23ClN4O4. The van der Waals surface area contributed by atoms with E-state index in [1.54, 1.807) is 18.2 Å². The second kappa shape index (κ2) is 10.3. The minimum Gasteiger partial charge on any atom is -0.508 e. The average molecular weight is 515 g/mol. The smallest absolute Gasteiger partial charge is 0.255 e. The van der Waals surface area contributed by atoms with Crippen LogP contribution in [0.3, 0.4) is 0 Å². The summed E-state index contributed by atoms with van der Waals surface area (Å²) in [4.78, 5) is 34.5. The van der Waals surface area contributed by atoms with Crippen LogP contribution in [0.15, 0.2) is 85.5 Å². The molecule has 0 saturated carbocycles. The maximum atomic E-state index is 13.6. The number of ether oxygens (including phenoxy) is 1. The van der Waals surface area contributed by atoms with Gasteiger partial charge in [-0.1, -0.05) is 48.0 Å². The third kappa shape index (κ3) is 5.10. The number of aryl methyl sites for hydroxylation is 1. The van der Waals surface area contributed by atoms with Crippen LogP contribution >= 0.6 is 11.6 Å². The number of phenols is 1. The van der Waals surface area contributed by atoms with Crippen molar-refractivity contribution in [1.82, 2.24) is 20.6 Å². The second-order valence-electron chi connectivity index (χ2n) is 8.69. The first kappa shape index (κ1) is 24.3. The molecule has 1 aliphatic rings. The molecule has 3 N–H and O–H groups in total. The third-order valence-corrected chi connectivity index (χ3v) is 6.60. The lowest BCUT2D eigenvalue weighted by atomic mass is 9.90. The molecule has 0 bridgehead atoms. The zero-order valence-electron chi connectivity index (χ0n) is 19.6. The number of benzene rings is 3. The Morgan fingerprint density at radius 1 is 1.03 bits per heavy atom. The van der Waals surface area contributed by atoms with E-state index in [4.69, 9.17) is 16.3 Å². The number of hydrogen-bond acceptors (Lipinski definition) is 6. The highest BCUT2D eigenvalue weighted by molar-refractivity contribution is 6.32. The minimum atomic E-state index is -1.21. The first-order valence-corrected chi connectivity index (χ1v) is 12.0. The Kier molecular flexibility index (Phi) is 6.74. The van der Waals surface area contributed by atoms with E-state index in [-0.39, 0.29) is 23.8 Å². The second-order valence-corrected chi connectivity index (χ2v) is 9.09. The molecule has 0 fully saturated rings. The van der Waals surface area contributed by atoms with Gasteiger partial charge in [0, 0.05) is 25.0 Å². The van der Waals surface area contributed by atoms with Crippen LogP contribution in [-0.4, -0.2) is 26.9 Å². The molecule has 0 saturated heterocycles. The Bertz CT molecular complexity index is 1450. The molecule has 3 aromatic carbocycles. The topological polar surface area (TPSA) is 113 Å². The SMILES string of the molecule is O=C(NC1(C(=O)NCc2ccc(Oc3ccc(O)cc3Cl)cc2)CCc2ccccc21)c1cncnc1. The first-order valence-electron chi connectivity index (χ1n) is 11.6. The third-order valence-electron chi connectivity index (χ3n) is 6.30. The van der Waals surface area contributed by atoms with Crippen molar-refractivity contribution >= 4 is 23.4 Å². The maximum Gasteiger partial charge on any atom is 0.255 e. The van der Waals surface area contributed by atoms with Gasteiger partial charge in [0.1, 0.15) is 29.1 Å². The van der Waals surface area contributed by atoms with E-state index in [1.165, 1.54) is 30.9 Å². The molecule has 4 aromatic rings. The van der Waals surface area contributed by atoms with Gasteiger partial charge >= 0.3 is 0 Å². The van der Waals surface area contributed by atoms with Crippen molar-refractivity contribution in [2.24, 2.45) is 0 Å². The van der Waals surface area contributed by atoms with E-state index in [0.29, 0.717) is 29.4 Å². The molecule has 1 atom stereocenters.